The summed E-state index contributed by atoms with van der Waals surface area (Å²) in [6, 6.07) is 0.300. The highest BCUT2D eigenvalue weighted by Crippen LogP contribution is 2.32. The summed E-state index contributed by atoms with van der Waals surface area (Å²) >= 11 is 0. The molecule has 2 rings (SSSR count). The Morgan fingerprint density at radius 1 is 1.53 bits per heavy atom. The second-order valence-electron chi connectivity index (χ2n) is 5.14. The van der Waals surface area contributed by atoms with Crippen molar-refractivity contribution in [3.63, 3.8) is 0 Å². The first-order valence-corrected chi connectivity index (χ1v) is 6.25. The number of aromatic nitrogens is 2. The van der Waals surface area contributed by atoms with E-state index >= 15 is 0 Å². The van der Waals surface area contributed by atoms with Crippen LogP contribution in [0.25, 0.3) is 0 Å². The van der Waals surface area contributed by atoms with Gasteiger partial charge in [0.1, 0.15) is 0 Å². The molecule has 0 aromatic carbocycles. The van der Waals surface area contributed by atoms with Crippen LogP contribution in [0.15, 0.2) is 0 Å². The Morgan fingerprint density at radius 2 is 2.24 bits per heavy atom. The van der Waals surface area contributed by atoms with Crippen LogP contribution in [0.5, 0.6) is 0 Å². The SMILES string of the molecule is Cc1nn(C(C)C)c(N2CCC(CO)C2)c1N. The van der Waals surface area contributed by atoms with Crippen LogP contribution in [0.4, 0.5) is 11.5 Å². The van der Waals surface area contributed by atoms with E-state index < -0.39 is 0 Å². The number of nitrogen functional groups attached to an aromatic ring is 1. The molecule has 1 saturated heterocycles. The van der Waals surface area contributed by atoms with Crippen LogP contribution in [0.2, 0.25) is 0 Å². The summed E-state index contributed by atoms with van der Waals surface area (Å²) < 4.78 is 1.99. The van der Waals surface area contributed by atoms with Gasteiger partial charge in [0, 0.05) is 31.7 Å². The molecule has 3 N–H and O–H groups in total. The Bertz CT molecular complexity index is 399. The van der Waals surface area contributed by atoms with Crippen LogP contribution < -0.4 is 10.6 Å². The third-order valence-corrected chi connectivity index (χ3v) is 3.44. The molecule has 1 aromatic rings. The predicted octanol–water partition coefficient (Wildman–Crippen LogP) is 1.17. The van der Waals surface area contributed by atoms with E-state index in [1.54, 1.807) is 0 Å². The number of hydrogen-bond donors (Lipinski definition) is 2. The largest absolute Gasteiger partial charge is 0.396 e. The molecule has 1 aromatic heterocycles. The number of hydrogen-bond acceptors (Lipinski definition) is 4. The fourth-order valence-electron chi connectivity index (χ4n) is 2.40. The average molecular weight is 238 g/mol. The van der Waals surface area contributed by atoms with Gasteiger partial charge in [-0.2, -0.15) is 5.10 Å². The lowest BCUT2D eigenvalue weighted by Crippen LogP contribution is -2.25. The van der Waals surface area contributed by atoms with Crippen LogP contribution in [0.3, 0.4) is 0 Å². The molecule has 17 heavy (non-hydrogen) atoms. The second-order valence-corrected chi connectivity index (χ2v) is 5.14. The van der Waals surface area contributed by atoms with Crippen molar-refractivity contribution in [3.8, 4) is 0 Å². The fourth-order valence-corrected chi connectivity index (χ4v) is 2.40. The summed E-state index contributed by atoms with van der Waals surface area (Å²) in [5.41, 5.74) is 7.79. The molecule has 0 spiro atoms. The highest BCUT2D eigenvalue weighted by atomic mass is 16.3. The quantitative estimate of drug-likeness (QED) is 0.829. The fraction of sp³-hybridized carbons (Fsp3) is 0.750. The van der Waals surface area contributed by atoms with Gasteiger partial charge in [-0.15, -0.1) is 0 Å². The molecular formula is C12H22N4O. The summed E-state index contributed by atoms with van der Waals surface area (Å²) in [5.74, 6) is 1.39. The maximum Gasteiger partial charge on any atom is 0.150 e. The number of nitrogens with zero attached hydrogens (tertiary/aromatic N) is 3. The van der Waals surface area contributed by atoms with Gasteiger partial charge in [0.05, 0.1) is 11.4 Å². The van der Waals surface area contributed by atoms with Crippen molar-refractivity contribution in [3.05, 3.63) is 5.69 Å². The van der Waals surface area contributed by atoms with Crippen molar-refractivity contribution in [2.45, 2.75) is 33.2 Å². The summed E-state index contributed by atoms with van der Waals surface area (Å²) in [5, 5.41) is 13.7. The van der Waals surface area contributed by atoms with Gasteiger partial charge in [-0.3, -0.25) is 0 Å². The number of rotatable bonds is 3. The molecule has 5 nitrogen and oxygen atoms in total. The Kier molecular flexibility index (Phi) is 3.28. The predicted molar refractivity (Wildman–Crippen MR) is 69.2 cm³/mol. The molecule has 1 fully saturated rings. The minimum absolute atomic E-state index is 0.255. The highest BCUT2D eigenvalue weighted by Gasteiger charge is 2.27. The van der Waals surface area contributed by atoms with Crippen LogP contribution >= 0.6 is 0 Å². The first-order chi connectivity index (χ1) is 8.04. The van der Waals surface area contributed by atoms with Gasteiger partial charge in [-0.1, -0.05) is 0 Å². The topological polar surface area (TPSA) is 67.3 Å². The molecule has 0 amide bonds. The van der Waals surface area contributed by atoms with Crippen LogP contribution in [-0.2, 0) is 0 Å². The molecule has 96 valence electrons. The second kappa shape index (κ2) is 4.56. The molecule has 0 radical (unpaired) electrons. The molecule has 2 heterocycles. The molecule has 1 unspecified atom stereocenters. The zero-order valence-corrected chi connectivity index (χ0v) is 10.8. The van der Waals surface area contributed by atoms with Crippen LogP contribution in [-0.4, -0.2) is 34.6 Å². The number of nitrogens with two attached hydrogens (primary N) is 1. The number of aryl methyl sites for hydroxylation is 1. The minimum Gasteiger partial charge on any atom is -0.396 e. The summed E-state index contributed by atoms with van der Waals surface area (Å²) in [4.78, 5) is 2.25. The van der Waals surface area contributed by atoms with E-state index in [2.05, 4.69) is 23.8 Å². The maximum atomic E-state index is 9.20. The lowest BCUT2D eigenvalue weighted by atomic mass is 10.1. The Balaban J connectivity index is 2.31. The molecule has 5 heteroatoms. The van der Waals surface area contributed by atoms with Gasteiger partial charge >= 0.3 is 0 Å². The van der Waals surface area contributed by atoms with E-state index in [1.807, 2.05) is 11.6 Å². The van der Waals surface area contributed by atoms with E-state index in [9.17, 15) is 5.11 Å². The van der Waals surface area contributed by atoms with E-state index in [0.29, 0.717) is 12.0 Å². The molecule has 0 aliphatic carbocycles. The van der Waals surface area contributed by atoms with Gasteiger partial charge < -0.3 is 15.7 Å². The summed E-state index contributed by atoms with van der Waals surface area (Å²) in [6.07, 6.45) is 1.03. The average Bonchev–Trinajstić information content (AvgIpc) is 2.85. The Hall–Kier alpha value is -1.23. The lowest BCUT2D eigenvalue weighted by molar-refractivity contribution is 0.238. The van der Waals surface area contributed by atoms with Gasteiger partial charge in [0.15, 0.2) is 5.82 Å². The number of aliphatic hydroxyl groups is 1. The van der Waals surface area contributed by atoms with Crippen LogP contribution in [0, 0.1) is 12.8 Å². The van der Waals surface area contributed by atoms with E-state index in [4.69, 9.17) is 5.73 Å². The highest BCUT2D eigenvalue weighted by molar-refractivity contribution is 5.66. The normalized spacial score (nSPS) is 20.5. The van der Waals surface area contributed by atoms with Crippen molar-refractivity contribution in [2.75, 3.05) is 30.3 Å². The smallest absolute Gasteiger partial charge is 0.150 e. The van der Waals surface area contributed by atoms with E-state index in [-0.39, 0.29) is 6.61 Å². The number of anilines is 2. The zero-order valence-electron chi connectivity index (χ0n) is 10.8. The molecule has 1 aliphatic rings. The van der Waals surface area contributed by atoms with Gasteiger partial charge in [-0.05, 0) is 27.2 Å². The van der Waals surface area contributed by atoms with E-state index in [0.717, 1.165) is 36.7 Å². The van der Waals surface area contributed by atoms with Crippen molar-refractivity contribution in [1.29, 1.82) is 0 Å². The van der Waals surface area contributed by atoms with Crippen molar-refractivity contribution >= 4 is 11.5 Å². The minimum atomic E-state index is 0.255. The first-order valence-electron chi connectivity index (χ1n) is 6.25. The van der Waals surface area contributed by atoms with E-state index in [1.165, 1.54) is 0 Å². The van der Waals surface area contributed by atoms with Crippen molar-refractivity contribution < 1.29 is 5.11 Å². The van der Waals surface area contributed by atoms with Gasteiger partial charge in [-0.25, -0.2) is 4.68 Å². The van der Waals surface area contributed by atoms with Crippen LogP contribution in [0.1, 0.15) is 32.0 Å². The third-order valence-electron chi connectivity index (χ3n) is 3.44. The summed E-state index contributed by atoms with van der Waals surface area (Å²) in [7, 11) is 0. The van der Waals surface area contributed by atoms with Crippen molar-refractivity contribution in [2.24, 2.45) is 5.92 Å². The number of aliphatic hydroxyl groups excluding tert-OH is 1. The lowest BCUT2D eigenvalue weighted by Gasteiger charge is -2.22. The van der Waals surface area contributed by atoms with Crippen molar-refractivity contribution in [1.82, 2.24) is 9.78 Å². The summed E-state index contributed by atoms with van der Waals surface area (Å²) in [6.45, 7) is 8.23. The first kappa shape index (κ1) is 12.2. The molecule has 1 aliphatic heterocycles. The zero-order chi connectivity index (χ0) is 12.6. The monoisotopic (exact) mass is 238 g/mol. The Morgan fingerprint density at radius 3 is 2.76 bits per heavy atom. The Labute approximate surface area is 102 Å². The maximum absolute atomic E-state index is 9.20. The van der Waals surface area contributed by atoms with Gasteiger partial charge in [0.25, 0.3) is 0 Å². The van der Waals surface area contributed by atoms with Gasteiger partial charge in [0.2, 0.25) is 0 Å². The molecular weight excluding hydrogens is 216 g/mol. The third kappa shape index (κ3) is 2.11. The molecule has 0 bridgehead atoms. The molecule has 1 atom stereocenters. The standard InChI is InChI=1S/C12H22N4O/c1-8(2)16-12(11(13)9(3)14-16)15-5-4-10(6-15)7-17/h8,10,17H,4-7,13H2,1-3H3. The molecule has 0 saturated carbocycles.